The van der Waals surface area contributed by atoms with Crippen molar-refractivity contribution in [3.05, 3.63) is 35.1 Å². The molecule has 2 aliphatic heterocycles. The highest BCUT2D eigenvalue weighted by Crippen LogP contribution is 2.51. The van der Waals surface area contributed by atoms with E-state index in [-0.39, 0.29) is 30.8 Å². The summed E-state index contributed by atoms with van der Waals surface area (Å²) in [6, 6.07) is 4.83. The molecule has 2 aliphatic carbocycles. The summed E-state index contributed by atoms with van der Waals surface area (Å²) in [6.07, 6.45) is 9.64. The van der Waals surface area contributed by atoms with Gasteiger partial charge in [-0.3, -0.25) is 9.59 Å². The van der Waals surface area contributed by atoms with Gasteiger partial charge in [-0.25, -0.2) is 4.68 Å². The van der Waals surface area contributed by atoms with Crippen molar-refractivity contribution >= 4 is 35.8 Å². The highest BCUT2D eigenvalue weighted by molar-refractivity contribution is 6.30. The number of tetrazole rings is 1. The second-order valence-electron chi connectivity index (χ2n) is 9.81. The predicted octanol–water partition coefficient (Wildman–Crippen LogP) is 2.64. The van der Waals surface area contributed by atoms with Crippen molar-refractivity contribution in [2.45, 2.75) is 69.5 Å². The van der Waals surface area contributed by atoms with Crippen molar-refractivity contribution in [3.63, 3.8) is 0 Å². The van der Waals surface area contributed by atoms with Crippen LogP contribution in [0.3, 0.4) is 0 Å². The van der Waals surface area contributed by atoms with Gasteiger partial charge in [0.1, 0.15) is 11.9 Å². The molecule has 1 aromatic carbocycles. The topological polar surface area (TPSA) is 119 Å². The van der Waals surface area contributed by atoms with Crippen LogP contribution in [0.25, 0.3) is 5.69 Å². The first kappa shape index (κ1) is 24.9. The molecule has 2 saturated heterocycles. The number of hydrogen-bond donors (Lipinski definition) is 2. The molecule has 6 rings (SSSR count). The minimum Gasteiger partial charge on any atom is -0.350 e. The molecule has 1 aromatic heterocycles. The fraction of sp³-hybridized carbons (Fsp3) is 0.609. The van der Waals surface area contributed by atoms with Gasteiger partial charge in [0.25, 0.3) is 0 Å². The molecular weight excluding hydrogens is 477 g/mol. The van der Waals surface area contributed by atoms with Gasteiger partial charge < -0.3 is 16.0 Å². The van der Waals surface area contributed by atoms with E-state index >= 15 is 0 Å². The van der Waals surface area contributed by atoms with Crippen LogP contribution < -0.4 is 11.1 Å². The third-order valence-electron chi connectivity index (χ3n) is 7.60. The minimum atomic E-state index is -0.778. The van der Waals surface area contributed by atoms with Gasteiger partial charge in [-0.15, -0.1) is 17.5 Å². The highest BCUT2D eigenvalue weighted by Gasteiger charge is 2.62. The lowest BCUT2D eigenvalue weighted by molar-refractivity contribution is -0.147. The van der Waals surface area contributed by atoms with E-state index in [0.29, 0.717) is 36.2 Å². The minimum absolute atomic E-state index is 0. The smallest absolute Gasteiger partial charge is 0.246 e. The standard InChI is InChI=1S/C23H30ClN7O2.ClH/c24-18-6-7-20(31-14-27-28-29-31)17(9-18)12-26-22(33)23-10-16(11-23)13-30(23)21(32)19(25)8-15-4-2-1-3-5-15;/h6-7,9,14-16,19H,1-5,8,10-13,25H2,(H,26,33);1H/t16?,19-,23?;/m1./s1. The summed E-state index contributed by atoms with van der Waals surface area (Å²) in [5, 5.41) is 14.9. The van der Waals surface area contributed by atoms with Crippen molar-refractivity contribution in [3.8, 4) is 5.69 Å². The van der Waals surface area contributed by atoms with Crippen LogP contribution in [0.15, 0.2) is 24.5 Å². The summed E-state index contributed by atoms with van der Waals surface area (Å²) in [6.45, 7) is 0.884. The van der Waals surface area contributed by atoms with Crippen LogP contribution in [0.5, 0.6) is 0 Å². The molecule has 9 nitrogen and oxygen atoms in total. The zero-order chi connectivity index (χ0) is 23.0. The molecule has 1 atom stereocenters. The number of benzene rings is 1. The van der Waals surface area contributed by atoms with Crippen LogP contribution in [-0.4, -0.2) is 55.0 Å². The Bertz CT molecular complexity index is 1020. The van der Waals surface area contributed by atoms with Gasteiger partial charge in [0.2, 0.25) is 11.8 Å². The summed E-state index contributed by atoms with van der Waals surface area (Å²) in [7, 11) is 0. The quantitative estimate of drug-likeness (QED) is 0.594. The SMILES string of the molecule is Cl.N[C@H](CC1CCCCC1)C(=O)N1CC2CC1(C(=O)NCc1cc(Cl)ccc1-n1cnnn1)C2. The summed E-state index contributed by atoms with van der Waals surface area (Å²) in [4.78, 5) is 28.4. The summed E-state index contributed by atoms with van der Waals surface area (Å²) < 4.78 is 1.53. The normalized spacial score (nSPS) is 24.8. The van der Waals surface area contributed by atoms with Crippen molar-refractivity contribution in [2.24, 2.45) is 17.6 Å². The molecule has 3 heterocycles. The Labute approximate surface area is 210 Å². The van der Waals surface area contributed by atoms with E-state index in [9.17, 15) is 9.59 Å². The Kier molecular flexibility index (Phi) is 7.45. The third-order valence-corrected chi connectivity index (χ3v) is 7.84. The van der Waals surface area contributed by atoms with E-state index in [1.54, 1.807) is 17.0 Å². The van der Waals surface area contributed by atoms with Crippen molar-refractivity contribution in [1.29, 1.82) is 0 Å². The number of fused-ring (bicyclic) bond motifs is 1. The molecule has 11 heteroatoms. The van der Waals surface area contributed by atoms with E-state index in [2.05, 4.69) is 20.8 Å². The number of rotatable bonds is 7. The Morgan fingerprint density at radius 3 is 2.71 bits per heavy atom. The van der Waals surface area contributed by atoms with E-state index < -0.39 is 11.6 Å². The molecule has 2 saturated carbocycles. The maximum Gasteiger partial charge on any atom is 0.246 e. The van der Waals surface area contributed by atoms with Crippen LogP contribution in [0, 0.1) is 11.8 Å². The average Bonchev–Trinajstić information content (AvgIpc) is 3.53. The van der Waals surface area contributed by atoms with E-state index in [1.807, 2.05) is 6.07 Å². The van der Waals surface area contributed by atoms with Gasteiger partial charge in [0, 0.05) is 18.1 Å². The molecule has 4 aliphatic rings. The summed E-state index contributed by atoms with van der Waals surface area (Å²) >= 11 is 6.19. The Morgan fingerprint density at radius 1 is 1.24 bits per heavy atom. The van der Waals surface area contributed by atoms with Crippen LogP contribution in [0.2, 0.25) is 5.02 Å². The number of nitrogens with two attached hydrogens (primary N) is 1. The first-order valence-corrected chi connectivity index (χ1v) is 12.2. The molecule has 2 bridgehead atoms. The monoisotopic (exact) mass is 507 g/mol. The lowest BCUT2D eigenvalue weighted by Gasteiger charge is -2.41. The van der Waals surface area contributed by atoms with Crippen LogP contribution in [0.1, 0.15) is 56.9 Å². The van der Waals surface area contributed by atoms with Crippen LogP contribution >= 0.6 is 24.0 Å². The molecule has 3 N–H and O–H groups in total. The zero-order valence-corrected chi connectivity index (χ0v) is 20.6. The van der Waals surface area contributed by atoms with Crippen molar-refractivity contribution < 1.29 is 9.59 Å². The average molecular weight is 508 g/mol. The van der Waals surface area contributed by atoms with Gasteiger partial charge in [-0.05, 0) is 65.3 Å². The Morgan fingerprint density at radius 2 is 2.00 bits per heavy atom. The van der Waals surface area contributed by atoms with Gasteiger partial charge in [-0.2, -0.15) is 0 Å². The molecule has 184 valence electrons. The van der Waals surface area contributed by atoms with Crippen LogP contribution in [0.4, 0.5) is 0 Å². The van der Waals surface area contributed by atoms with E-state index in [0.717, 1.165) is 30.5 Å². The van der Waals surface area contributed by atoms with Crippen molar-refractivity contribution in [2.75, 3.05) is 6.54 Å². The molecule has 2 amide bonds. The van der Waals surface area contributed by atoms with Gasteiger partial charge in [-0.1, -0.05) is 43.7 Å². The fourth-order valence-corrected chi connectivity index (χ4v) is 6.10. The number of halogens is 2. The molecule has 0 radical (unpaired) electrons. The zero-order valence-electron chi connectivity index (χ0n) is 19.0. The Hall–Kier alpha value is -2.23. The number of hydrogen-bond acceptors (Lipinski definition) is 6. The second-order valence-corrected chi connectivity index (χ2v) is 10.2. The number of nitrogens with one attached hydrogen (secondary N) is 1. The molecule has 0 unspecified atom stereocenters. The van der Waals surface area contributed by atoms with Crippen LogP contribution in [-0.2, 0) is 16.1 Å². The van der Waals surface area contributed by atoms with E-state index in [4.69, 9.17) is 17.3 Å². The maximum atomic E-state index is 13.4. The summed E-state index contributed by atoms with van der Waals surface area (Å²) in [5.41, 5.74) is 7.12. The molecule has 34 heavy (non-hydrogen) atoms. The number of carbonyl (C=O) groups is 2. The van der Waals surface area contributed by atoms with Gasteiger partial charge in [0.15, 0.2) is 0 Å². The predicted molar refractivity (Wildman–Crippen MR) is 130 cm³/mol. The molecule has 2 aromatic rings. The third kappa shape index (κ3) is 4.65. The second kappa shape index (κ2) is 10.2. The maximum absolute atomic E-state index is 13.4. The highest BCUT2D eigenvalue weighted by atomic mass is 35.5. The molecule has 0 spiro atoms. The largest absolute Gasteiger partial charge is 0.350 e. The number of aromatic nitrogens is 4. The summed E-state index contributed by atoms with van der Waals surface area (Å²) in [5.74, 6) is 0.696. The first-order chi connectivity index (χ1) is 16.0. The van der Waals surface area contributed by atoms with E-state index in [1.165, 1.54) is 30.3 Å². The lowest BCUT2D eigenvalue weighted by Crippen LogP contribution is -2.61. The first-order valence-electron chi connectivity index (χ1n) is 11.8. The molecular formula is C23H31Cl2N7O2. The number of carbonyl (C=O) groups excluding carboxylic acids is 2. The lowest BCUT2D eigenvalue weighted by atomic mass is 9.72. The molecule has 4 fully saturated rings. The van der Waals surface area contributed by atoms with Gasteiger partial charge >= 0.3 is 0 Å². The Balaban J connectivity index is 0.00000274. The fourth-order valence-electron chi connectivity index (χ4n) is 5.90. The van der Waals surface area contributed by atoms with Crippen molar-refractivity contribution in [1.82, 2.24) is 30.4 Å². The number of nitrogens with zero attached hydrogens (tertiary/aromatic N) is 5. The number of amides is 2. The van der Waals surface area contributed by atoms with Gasteiger partial charge in [0.05, 0.1) is 11.7 Å².